The van der Waals surface area contributed by atoms with Crippen molar-refractivity contribution >= 4 is 11.6 Å². The lowest BCUT2D eigenvalue weighted by atomic mass is 10.0. The van der Waals surface area contributed by atoms with Gasteiger partial charge in [0, 0.05) is 13.1 Å². The average Bonchev–Trinajstić information content (AvgIpc) is 2.82. The zero-order chi connectivity index (χ0) is 15.1. The first kappa shape index (κ1) is 16.5. The van der Waals surface area contributed by atoms with Gasteiger partial charge in [0.1, 0.15) is 0 Å². The summed E-state index contributed by atoms with van der Waals surface area (Å²) in [6.07, 6.45) is 3.96. The molecule has 0 saturated carbocycles. The molecule has 0 aromatic carbocycles. The molecule has 114 valence electrons. The Hall–Kier alpha value is -1.52. The van der Waals surface area contributed by atoms with Crippen LogP contribution in [0.5, 0.6) is 0 Å². The highest BCUT2D eigenvalue weighted by Gasteiger charge is 2.23. The molecule has 0 aliphatic heterocycles. The number of anilines is 1. The third-order valence-corrected chi connectivity index (χ3v) is 3.89. The number of carbonyl (C=O) groups is 1. The minimum Gasteiger partial charge on any atom is -0.395 e. The normalized spacial score (nSPS) is 11.1. The molecule has 0 aliphatic rings. The van der Waals surface area contributed by atoms with Crippen LogP contribution in [0.2, 0.25) is 0 Å². The molecule has 5 heteroatoms. The zero-order valence-electron chi connectivity index (χ0n) is 13.2. The first-order valence-electron chi connectivity index (χ1n) is 7.70. The largest absolute Gasteiger partial charge is 0.395 e. The number of nitrogens with two attached hydrogens (primary N) is 1. The first-order valence-corrected chi connectivity index (χ1v) is 7.70. The monoisotopic (exact) mass is 280 g/mol. The van der Waals surface area contributed by atoms with Gasteiger partial charge in [-0.05, 0) is 19.3 Å². The molecule has 0 bridgehead atoms. The number of amides is 1. The Bertz CT molecular complexity index is 424. The van der Waals surface area contributed by atoms with E-state index in [0.717, 1.165) is 37.9 Å². The van der Waals surface area contributed by atoms with Crippen molar-refractivity contribution in [3.8, 4) is 0 Å². The number of aromatic nitrogens is 2. The molecule has 0 radical (unpaired) electrons. The van der Waals surface area contributed by atoms with Crippen LogP contribution in [0, 0.1) is 5.92 Å². The number of nitrogens with zero attached hydrogens (tertiary/aromatic N) is 2. The highest BCUT2D eigenvalue weighted by molar-refractivity contribution is 5.97. The molecule has 0 saturated heterocycles. The van der Waals surface area contributed by atoms with E-state index in [9.17, 15) is 4.79 Å². The molecule has 1 aromatic heterocycles. The van der Waals surface area contributed by atoms with Crippen LogP contribution in [0.25, 0.3) is 0 Å². The summed E-state index contributed by atoms with van der Waals surface area (Å²) in [5.74, 6) is 0.477. The van der Waals surface area contributed by atoms with Gasteiger partial charge in [-0.2, -0.15) is 5.10 Å². The molecular weight excluding hydrogens is 252 g/mol. The van der Waals surface area contributed by atoms with E-state index < -0.39 is 0 Å². The molecular formula is C15H28N4O. The summed E-state index contributed by atoms with van der Waals surface area (Å²) in [5, 5.41) is 7.01. The van der Waals surface area contributed by atoms with Gasteiger partial charge in [-0.25, -0.2) is 0 Å². The van der Waals surface area contributed by atoms with E-state index in [0.29, 0.717) is 23.8 Å². The fourth-order valence-electron chi connectivity index (χ4n) is 2.35. The number of nitrogens with one attached hydrogen (secondary N) is 1. The Balaban J connectivity index is 2.85. The lowest BCUT2D eigenvalue weighted by Crippen LogP contribution is -2.35. The predicted octanol–water partition coefficient (Wildman–Crippen LogP) is 2.84. The average molecular weight is 280 g/mol. The number of H-pyrrole nitrogens is 1. The van der Waals surface area contributed by atoms with E-state index in [1.54, 1.807) is 0 Å². The number of hydrogen-bond donors (Lipinski definition) is 2. The van der Waals surface area contributed by atoms with Crippen LogP contribution in [0.15, 0.2) is 0 Å². The van der Waals surface area contributed by atoms with E-state index in [2.05, 4.69) is 31.0 Å². The van der Waals surface area contributed by atoms with E-state index in [1.165, 1.54) is 0 Å². The fraction of sp³-hybridized carbons (Fsp3) is 0.733. The number of aryl methyl sites for hydroxylation is 1. The van der Waals surface area contributed by atoms with Gasteiger partial charge in [0.15, 0.2) is 5.69 Å². The quantitative estimate of drug-likeness (QED) is 0.769. The zero-order valence-corrected chi connectivity index (χ0v) is 13.2. The minimum absolute atomic E-state index is 0.0597. The highest BCUT2D eigenvalue weighted by atomic mass is 16.2. The van der Waals surface area contributed by atoms with Crippen molar-refractivity contribution < 1.29 is 4.79 Å². The van der Waals surface area contributed by atoms with Crippen molar-refractivity contribution in [3.05, 3.63) is 11.4 Å². The van der Waals surface area contributed by atoms with Gasteiger partial charge in [-0.3, -0.25) is 9.89 Å². The second kappa shape index (κ2) is 7.92. The molecule has 0 unspecified atom stereocenters. The van der Waals surface area contributed by atoms with Crippen LogP contribution in [0.4, 0.5) is 5.69 Å². The van der Waals surface area contributed by atoms with Crippen LogP contribution in [-0.2, 0) is 6.42 Å². The van der Waals surface area contributed by atoms with Crippen molar-refractivity contribution in [2.24, 2.45) is 5.92 Å². The molecule has 0 aliphatic carbocycles. The molecule has 3 N–H and O–H groups in total. The molecule has 0 spiro atoms. The third kappa shape index (κ3) is 3.74. The first-order chi connectivity index (χ1) is 9.58. The van der Waals surface area contributed by atoms with Crippen molar-refractivity contribution in [3.63, 3.8) is 0 Å². The number of nitrogen functional groups attached to an aromatic ring is 1. The Morgan fingerprint density at radius 2 is 1.95 bits per heavy atom. The lowest BCUT2D eigenvalue weighted by molar-refractivity contribution is 0.0730. The van der Waals surface area contributed by atoms with E-state index in [4.69, 9.17) is 5.73 Å². The molecule has 1 heterocycles. The minimum atomic E-state index is -0.0597. The Kier molecular flexibility index (Phi) is 6.55. The molecule has 1 aromatic rings. The maximum absolute atomic E-state index is 12.5. The number of aromatic amines is 1. The smallest absolute Gasteiger partial charge is 0.276 e. The summed E-state index contributed by atoms with van der Waals surface area (Å²) in [5.41, 5.74) is 7.80. The Labute approximate surface area is 121 Å². The topological polar surface area (TPSA) is 75.0 Å². The standard InChI is InChI=1S/C15H28N4O/c1-5-9-12-13(16)14(18-17-12)15(20)19(8-4)10-11(6-2)7-3/h11H,5-10,16H2,1-4H3,(H,17,18). The van der Waals surface area contributed by atoms with Crippen molar-refractivity contribution in [2.45, 2.75) is 53.4 Å². The van der Waals surface area contributed by atoms with Crippen LogP contribution >= 0.6 is 0 Å². The SMILES string of the molecule is CCCc1[nH]nc(C(=O)N(CC)CC(CC)CC)c1N. The van der Waals surface area contributed by atoms with Gasteiger partial charge in [0.25, 0.3) is 5.91 Å². The van der Waals surface area contributed by atoms with E-state index in [-0.39, 0.29) is 5.91 Å². The highest BCUT2D eigenvalue weighted by Crippen LogP contribution is 2.19. The second-order valence-corrected chi connectivity index (χ2v) is 5.24. The van der Waals surface area contributed by atoms with Crippen molar-refractivity contribution in [1.29, 1.82) is 0 Å². The predicted molar refractivity (Wildman–Crippen MR) is 82.6 cm³/mol. The van der Waals surface area contributed by atoms with Crippen molar-refractivity contribution in [2.75, 3.05) is 18.8 Å². The summed E-state index contributed by atoms with van der Waals surface area (Å²) in [6.45, 7) is 9.86. The summed E-state index contributed by atoms with van der Waals surface area (Å²) >= 11 is 0. The Morgan fingerprint density at radius 1 is 1.30 bits per heavy atom. The van der Waals surface area contributed by atoms with Crippen LogP contribution in [0.1, 0.15) is 63.1 Å². The van der Waals surface area contributed by atoms with E-state index in [1.807, 2.05) is 11.8 Å². The Morgan fingerprint density at radius 3 is 2.45 bits per heavy atom. The molecule has 0 atom stereocenters. The van der Waals surface area contributed by atoms with E-state index >= 15 is 0 Å². The lowest BCUT2D eigenvalue weighted by Gasteiger charge is -2.24. The molecule has 1 amide bonds. The number of carbonyl (C=O) groups excluding carboxylic acids is 1. The summed E-state index contributed by atoms with van der Waals surface area (Å²) in [6, 6.07) is 0. The van der Waals surface area contributed by atoms with Gasteiger partial charge in [0.05, 0.1) is 11.4 Å². The number of rotatable bonds is 8. The fourth-order valence-corrected chi connectivity index (χ4v) is 2.35. The third-order valence-electron chi connectivity index (χ3n) is 3.89. The van der Waals surface area contributed by atoms with Gasteiger partial charge in [-0.1, -0.05) is 40.0 Å². The maximum atomic E-state index is 12.5. The summed E-state index contributed by atoms with van der Waals surface area (Å²) in [4.78, 5) is 14.4. The summed E-state index contributed by atoms with van der Waals surface area (Å²) in [7, 11) is 0. The number of hydrogen-bond acceptors (Lipinski definition) is 3. The van der Waals surface area contributed by atoms with Gasteiger partial charge >= 0.3 is 0 Å². The van der Waals surface area contributed by atoms with Gasteiger partial charge in [-0.15, -0.1) is 0 Å². The van der Waals surface area contributed by atoms with Crippen LogP contribution in [-0.4, -0.2) is 34.1 Å². The molecule has 5 nitrogen and oxygen atoms in total. The maximum Gasteiger partial charge on any atom is 0.276 e. The molecule has 0 fully saturated rings. The second-order valence-electron chi connectivity index (χ2n) is 5.24. The van der Waals surface area contributed by atoms with Crippen LogP contribution in [0.3, 0.4) is 0 Å². The molecule has 1 rings (SSSR count). The van der Waals surface area contributed by atoms with Gasteiger partial charge < -0.3 is 10.6 Å². The van der Waals surface area contributed by atoms with Gasteiger partial charge in [0.2, 0.25) is 0 Å². The van der Waals surface area contributed by atoms with Crippen molar-refractivity contribution in [1.82, 2.24) is 15.1 Å². The summed E-state index contributed by atoms with van der Waals surface area (Å²) < 4.78 is 0. The van der Waals surface area contributed by atoms with Crippen LogP contribution < -0.4 is 5.73 Å². The molecule has 20 heavy (non-hydrogen) atoms.